The Hall–Kier alpha value is -0.440. The Kier molecular flexibility index (Phi) is 3.32. The van der Waals surface area contributed by atoms with E-state index in [4.69, 9.17) is 3.07 Å². The van der Waals surface area contributed by atoms with Gasteiger partial charge >= 0.3 is 5.92 Å². The first-order chi connectivity index (χ1) is 7.95. The van der Waals surface area contributed by atoms with Crippen molar-refractivity contribution in [3.63, 3.8) is 0 Å². The second-order valence-electron chi connectivity index (χ2n) is 3.45. The van der Waals surface area contributed by atoms with Crippen LogP contribution in [0.25, 0.3) is 0 Å². The first-order valence-electron chi connectivity index (χ1n) is 4.51. The fourth-order valence-electron chi connectivity index (χ4n) is 1.77. The van der Waals surface area contributed by atoms with E-state index in [1.807, 2.05) is 0 Å². The number of Topliss-reactive ketones (excluding diaryl/α,β-unsaturated/α-hetero) is 1. The van der Waals surface area contributed by atoms with Gasteiger partial charge in [-0.25, -0.2) is 4.39 Å². The lowest BCUT2D eigenvalue weighted by molar-refractivity contribution is -0.0367. The van der Waals surface area contributed by atoms with Crippen molar-refractivity contribution in [3.05, 3.63) is 23.3 Å². The Morgan fingerprint density at radius 3 is 2.65 bits per heavy atom. The van der Waals surface area contributed by atoms with Crippen molar-refractivity contribution in [2.24, 2.45) is 0 Å². The molecule has 1 atom stereocenters. The zero-order chi connectivity index (χ0) is 12.8. The Labute approximate surface area is 114 Å². The van der Waals surface area contributed by atoms with Gasteiger partial charge < -0.3 is 3.07 Å². The van der Waals surface area contributed by atoms with Crippen LogP contribution in [0.1, 0.15) is 22.1 Å². The summed E-state index contributed by atoms with van der Waals surface area (Å²) >= 11 is 2.59. The van der Waals surface area contributed by atoms with Crippen molar-refractivity contribution >= 4 is 40.6 Å². The molecule has 2 nitrogen and oxygen atoms in total. The maximum absolute atomic E-state index is 13.6. The van der Waals surface area contributed by atoms with Crippen LogP contribution in [0.5, 0.6) is 5.75 Å². The smallest absolute Gasteiger partial charge is 0.344 e. The van der Waals surface area contributed by atoms with Gasteiger partial charge in [-0.05, 0) is 18.4 Å². The molecule has 0 bridgehead atoms. The van der Waals surface area contributed by atoms with Gasteiger partial charge in [-0.2, -0.15) is 8.78 Å². The lowest BCUT2D eigenvalue weighted by Crippen LogP contribution is -2.26. The monoisotopic (exact) mass is 374 g/mol. The Morgan fingerprint density at radius 1 is 1.47 bits per heavy atom. The Morgan fingerprint density at radius 2 is 2.12 bits per heavy atom. The van der Waals surface area contributed by atoms with Gasteiger partial charge in [0.2, 0.25) is 12.0 Å². The number of thioether (sulfide) groups is 1. The summed E-state index contributed by atoms with van der Waals surface area (Å²) in [4.78, 5) is 11.9. The summed E-state index contributed by atoms with van der Waals surface area (Å²) < 4.78 is 45.2. The van der Waals surface area contributed by atoms with E-state index in [1.165, 1.54) is 35.1 Å². The molecule has 0 aliphatic heterocycles. The third-order valence-corrected chi connectivity index (χ3v) is 3.83. The number of carbonyl (C=O) groups is 1. The predicted molar refractivity (Wildman–Crippen MR) is 66.0 cm³/mol. The summed E-state index contributed by atoms with van der Waals surface area (Å²) in [5, 5.41) is 0. The zero-order valence-electron chi connectivity index (χ0n) is 8.47. The molecule has 0 N–H and O–H groups in total. The first-order valence-corrected chi connectivity index (χ1v) is 6.61. The van der Waals surface area contributed by atoms with Gasteiger partial charge in [0.15, 0.2) is 23.0 Å². The molecule has 0 saturated carbocycles. The maximum atomic E-state index is 13.6. The van der Waals surface area contributed by atoms with Crippen molar-refractivity contribution in [1.29, 1.82) is 0 Å². The molecule has 2 rings (SSSR count). The van der Waals surface area contributed by atoms with Gasteiger partial charge in [-0.15, -0.1) is 11.8 Å². The van der Waals surface area contributed by atoms with Crippen LogP contribution in [-0.4, -0.2) is 18.0 Å². The standard InChI is InChI=1S/C10H6F3IO2S/c1-17-5-3-2-4(16-14)6-7(5)9(15)10(12,13)8(6)11/h2-3,8H,1H3. The van der Waals surface area contributed by atoms with E-state index in [0.29, 0.717) is 4.90 Å². The van der Waals surface area contributed by atoms with Gasteiger partial charge in [-0.3, -0.25) is 4.79 Å². The third kappa shape index (κ3) is 1.74. The molecule has 7 heteroatoms. The minimum absolute atomic E-state index is 0.0311. The van der Waals surface area contributed by atoms with Crippen LogP contribution in [0.2, 0.25) is 0 Å². The quantitative estimate of drug-likeness (QED) is 0.579. The summed E-state index contributed by atoms with van der Waals surface area (Å²) in [6.45, 7) is 0. The van der Waals surface area contributed by atoms with E-state index in [2.05, 4.69) is 0 Å². The molecule has 1 aromatic carbocycles. The number of alkyl halides is 3. The average Bonchev–Trinajstić information content (AvgIpc) is 2.50. The van der Waals surface area contributed by atoms with Crippen LogP contribution in [0, 0.1) is 0 Å². The van der Waals surface area contributed by atoms with E-state index in [0.717, 1.165) is 11.8 Å². The van der Waals surface area contributed by atoms with Crippen LogP contribution in [-0.2, 0) is 0 Å². The summed E-state index contributed by atoms with van der Waals surface area (Å²) in [7, 11) is 0. The highest BCUT2D eigenvalue weighted by Crippen LogP contribution is 2.51. The summed E-state index contributed by atoms with van der Waals surface area (Å²) in [6.07, 6.45) is -1.00. The molecular formula is C10H6F3IO2S. The molecule has 1 unspecified atom stereocenters. The van der Waals surface area contributed by atoms with Crippen molar-refractivity contribution in [2.45, 2.75) is 17.0 Å². The minimum Gasteiger partial charge on any atom is -0.427 e. The molecule has 1 aliphatic carbocycles. The maximum Gasteiger partial charge on any atom is 0.344 e. The number of hydrogen-bond acceptors (Lipinski definition) is 3. The molecule has 1 aliphatic rings. The van der Waals surface area contributed by atoms with Gasteiger partial charge in [0.25, 0.3) is 0 Å². The second kappa shape index (κ2) is 4.34. The highest BCUT2D eigenvalue weighted by atomic mass is 127. The first kappa shape index (κ1) is 13.0. The van der Waals surface area contributed by atoms with Gasteiger partial charge in [0.05, 0.1) is 0 Å². The Bertz CT molecular complexity index is 493. The van der Waals surface area contributed by atoms with E-state index < -0.39 is 17.9 Å². The second-order valence-corrected chi connectivity index (χ2v) is 4.73. The van der Waals surface area contributed by atoms with Crippen LogP contribution in [0.15, 0.2) is 17.0 Å². The van der Waals surface area contributed by atoms with Crippen LogP contribution < -0.4 is 3.07 Å². The highest BCUT2D eigenvalue weighted by molar-refractivity contribution is 14.1. The molecule has 0 aromatic heterocycles. The number of carbonyl (C=O) groups excluding carboxylic acids is 1. The zero-order valence-corrected chi connectivity index (χ0v) is 11.4. The van der Waals surface area contributed by atoms with Crippen molar-refractivity contribution < 1.29 is 21.0 Å². The van der Waals surface area contributed by atoms with E-state index >= 15 is 0 Å². The number of benzene rings is 1. The molecule has 1 aromatic rings. The number of halogens is 4. The van der Waals surface area contributed by atoms with Crippen LogP contribution in [0.3, 0.4) is 0 Å². The molecule has 17 heavy (non-hydrogen) atoms. The van der Waals surface area contributed by atoms with E-state index in [1.54, 1.807) is 6.26 Å². The van der Waals surface area contributed by atoms with Crippen molar-refractivity contribution in [2.75, 3.05) is 6.26 Å². The van der Waals surface area contributed by atoms with Gasteiger partial charge in [0.1, 0.15) is 5.75 Å². The fraction of sp³-hybridized carbons (Fsp3) is 0.300. The minimum atomic E-state index is -4.00. The molecular weight excluding hydrogens is 368 g/mol. The van der Waals surface area contributed by atoms with Gasteiger partial charge in [-0.1, -0.05) is 0 Å². The van der Waals surface area contributed by atoms with E-state index in [-0.39, 0.29) is 16.9 Å². The molecule has 0 spiro atoms. The Balaban J connectivity index is 2.74. The average molecular weight is 374 g/mol. The van der Waals surface area contributed by atoms with Crippen LogP contribution >= 0.6 is 34.8 Å². The summed E-state index contributed by atoms with van der Waals surface area (Å²) in [5.74, 6) is -5.51. The number of rotatable bonds is 2. The highest BCUT2D eigenvalue weighted by Gasteiger charge is 2.58. The SMILES string of the molecule is CSc1ccc(OI)c2c1C(=O)C(F)(F)C2F. The number of hydrogen-bond donors (Lipinski definition) is 0. The predicted octanol–water partition coefficient (Wildman–Crippen LogP) is 3.98. The van der Waals surface area contributed by atoms with Crippen molar-refractivity contribution in [1.82, 2.24) is 0 Å². The van der Waals surface area contributed by atoms with Gasteiger partial charge in [0, 0.05) is 16.0 Å². The molecule has 0 amide bonds. The molecule has 0 heterocycles. The normalized spacial score (nSPS) is 21.5. The molecule has 0 fully saturated rings. The lowest BCUT2D eigenvalue weighted by atomic mass is 10.1. The summed E-state index contributed by atoms with van der Waals surface area (Å²) in [6, 6.07) is 2.86. The number of ketones is 1. The third-order valence-electron chi connectivity index (χ3n) is 2.57. The summed E-state index contributed by atoms with van der Waals surface area (Å²) in [5.41, 5.74) is -0.606. The molecule has 0 saturated heterocycles. The van der Waals surface area contributed by atoms with E-state index in [9.17, 15) is 18.0 Å². The lowest BCUT2D eigenvalue weighted by Gasteiger charge is -2.10. The molecule has 0 radical (unpaired) electrons. The largest absolute Gasteiger partial charge is 0.427 e. The van der Waals surface area contributed by atoms with Crippen LogP contribution in [0.4, 0.5) is 13.2 Å². The van der Waals surface area contributed by atoms with Crippen molar-refractivity contribution in [3.8, 4) is 5.75 Å². The molecule has 92 valence electrons. The fourth-order valence-corrected chi connectivity index (χ4v) is 2.76. The topological polar surface area (TPSA) is 26.3 Å². The number of fused-ring (bicyclic) bond motifs is 1.